The fraction of sp³-hybridized carbons (Fsp3) is 0.389. The highest BCUT2D eigenvalue weighted by Gasteiger charge is 2.31. The summed E-state index contributed by atoms with van der Waals surface area (Å²) < 4.78 is 29.2. The summed E-state index contributed by atoms with van der Waals surface area (Å²) in [5, 5.41) is 2.69. The van der Waals surface area contributed by atoms with Crippen molar-refractivity contribution in [2.45, 2.75) is 44.0 Å². The average Bonchev–Trinajstić information content (AvgIpc) is 3.07. The van der Waals surface area contributed by atoms with Gasteiger partial charge in [0.15, 0.2) is 0 Å². The van der Waals surface area contributed by atoms with Gasteiger partial charge in [0.2, 0.25) is 5.91 Å². The molecule has 0 aliphatic heterocycles. The molecule has 8 heteroatoms. The van der Waals surface area contributed by atoms with Crippen molar-refractivity contribution in [3.8, 4) is 0 Å². The highest BCUT2D eigenvalue weighted by atomic mass is 79.9. The standard InChI is InChI=1S/C18H23BrN2O3S2/c1-4-11-21(13(2)16-7-5-6-8-17(16)19)26(23,24)18-10-9-15(25-18)12-20-14(3)22/h5-10,13H,4,11-12H2,1-3H3,(H,20,22). The van der Waals surface area contributed by atoms with Crippen LogP contribution in [0.3, 0.4) is 0 Å². The molecule has 0 saturated carbocycles. The van der Waals surface area contributed by atoms with Gasteiger partial charge in [0.05, 0.1) is 6.54 Å². The number of halogens is 1. The van der Waals surface area contributed by atoms with Gasteiger partial charge in [-0.2, -0.15) is 4.31 Å². The molecule has 1 aromatic heterocycles. The van der Waals surface area contributed by atoms with Crippen molar-refractivity contribution in [1.29, 1.82) is 0 Å². The predicted molar refractivity (Wildman–Crippen MR) is 109 cm³/mol. The molecule has 0 spiro atoms. The van der Waals surface area contributed by atoms with Gasteiger partial charge in [-0.15, -0.1) is 11.3 Å². The highest BCUT2D eigenvalue weighted by Crippen LogP contribution is 2.34. The summed E-state index contributed by atoms with van der Waals surface area (Å²) in [5.41, 5.74) is 0.930. The van der Waals surface area contributed by atoms with Crippen molar-refractivity contribution in [1.82, 2.24) is 9.62 Å². The van der Waals surface area contributed by atoms with Crippen molar-refractivity contribution in [2.24, 2.45) is 0 Å². The number of rotatable bonds is 8. The van der Waals surface area contributed by atoms with Crippen LogP contribution in [0.2, 0.25) is 0 Å². The molecule has 0 aliphatic carbocycles. The van der Waals surface area contributed by atoms with Gasteiger partial charge in [-0.1, -0.05) is 41.1 Å². The molecule has 26 heavy (non-hydrogen) atoms. The van der Waals surface area contributed by atoms with Crippen molar-refractivity contribution >= 4 is 43.2 Å². The first kappa shape index (κ1) is 21.1. The molecule has 1 atom stereocenters. The van der Waals surface area contributed by atoms with Crippen LogP contribution in [0, 0.1) is 0 Å². The lowest BCUT2D eigenvalue weighted by Crippen LogP contribution is -2.34. The van der Waals surface area contributed by atoms with Crippen LogP contribution in [0.5, 0.6) is 0 Å². The summed E-state index contributed by atoms with van der Waals surface area (Å²) >= 11 is 4.72. The van der Waals surface area contributed by atoms with Crippen molar-refractivity contribution in [3.05, 3.63) is 51.3 Å². The topological polar surface area (TPSA) is 66.5 Å². The molecule has 1 unspecified atom stereocenters. The summed E-state index contributed by atoms with van der Waals surface area (Å²) in [4.78, 5) is 11.9. The fourth-order valence-electron chi connectivity index (χ4n) is 2.63. The van der Waals surface area contributed by atoms with Gasteiger partial charge in [0.1, 0.15) is 4.21 Å². The smallest absolute Gasteiger partial charge is 0.253 e. The Morgan fingerprint density at radius 1 is 1.27 bits per heavy atom. The van der Waals surface area contributed by atoms with E-state index >= 15 is 0 Å². The summed E-state index contributed by atoms with van der Waals surface area (Å²) in [7, 11) is -3.63. The maximum atomic E-state index is 13.2. The van der Waals surface area contributed by atoms with E-state index in [1.54, 1.807) is 16.4 Å². The molecule has 1 aromatic carbocycles. The molecule has 2 rings (SSSR count). The van der Waals surface area contributed by atoms with E-state index in [9.17, 15) is 13.2 Å². The third-order valence-corrected chi connectivity index (χ3v) is 8.19. The lowest BCUT2D eigenvalue weighted by atomic mass is 10.1. The maximum absolute atomic E-state index is 13.2. The molecule has 142 valence electrons. The lowest BCUT2D eigenvalue weighted by Gasteiger charge is -2.28. The van der Waals surface area contributed by atoms with Gasteiger partial charge in [-0.3, -0.25) is 4.79 Å². The summed E-state index contributed by atoms with van der Waals surface area (Å²) in [5.74, 6) is -0.141. The van der Waals surface area contributed by atoms with Gasteiger partial charge in [0, 0.05) is 28.9 Å². The lowest BCUT2D eigenvalue weighted by molar-refractivity contribution is -0.119. The van der Waals surface area contributed by atoms with Gasteiger partial charge < -0.3 is 5.32 Å². The van der Waals surface area contributed by atoms with Crippen LogP contribution in [0.25, 0.3) is 0 Å². The van der Waals surface area contributed by atoms with E-state index in [1.165, 1.54) is 18.3 Å². The van der Waals surface area contributed by atoms with Crippen LogP contribution in [0.4, 0.5) is 0 Å². The zero-order valence-corrected chi connectivity index (χ0v) is 18.2. The second-order valence-electron chi connectivity index (χ2n) is 5.94. The van der Waals surface area contributed by atoms with Crippen LogP contribution in [0.15, 0.2) is 45.1 Å². The third kappa shape index (κ3) is 4.94. The molecule has 0 radical (unpaired) electrons. The molecule has 1 N–H and O–H groups in total. The first-order valence-electron chi connectivity index (χ1n) is 8.36. The van der Waals surface area contributed by atoms with E-state index in [0.29, 0.717) is 17.3 Å². The van der Waals surface area contributed by atoms with Crippen LogP contribution >= 0.6 is 27.3 Å². The summed E-state index contributed by atoms with van der Waals surface area (Å²) in [6, 6.07) is 10.7. The van der Waals surface area contributed by atoms with E-state index in [1.807, 2.05) is 38.1 Å². The Bertz CT molecular complexity index is 865. The molecule has 5 nitrogen and oxygen atoms in total. The third-order valence-electron chi connectivity index (χ3n) is 3.94. The quantitative estimate of drug-likeness (QED) is 0.640. The number of hydrogen-bond donors (Lipinski definition) is 1. The fourth-order valence-corrected chi connectivity index (χ4v) is 6.37. The maximum Gasteiger partial charge on any atom is 0.253 e. The predicted octanol–water partition coefficient (Wildman–Crippen LogP) is 4.31. The molecule has 0 aliphatic rings. The second-order valence-corrected chi connectivity index (χ2v) is 10.1. The molecule has 0 saturated heterocycles. The SMILES string of the molecule is CCCN(C(C)c1ccccc1Br)S(=O)(=O)c1ccc(CNC(C)=O)s1. The van der Waals surface area contributed by atoms with E-state index in [2.05, 4.69) is 21.2 Å². The number of nitrogens with one attached hydrogen (secondary N) is 1. The van der Waals surface area contributed by atoms with Crippen LogP contribution < -0.4 is 5.32 Å². The Labute approximate surface area is 167 Å². The number of hydrogen-bond acceptors (Lipinski definition) is 4. The number of carbonyl (C=O) groups excluding carboxylic acids is 1. The van der Waals surface area contributed by atoms with E-state index in [-0.39, 0.29) is 11.9 Å². The number of sulfonamides is 1. The summed E-state index contributed by atoms with van der Waals surface area (Å²) in [6.07, 6.45) is 0.720. The van der Waals surface area contributed by atoms with Gasteiger partial charge >= 0.3 is 0 Å². The first-order valence-corrected chi connectivity index (χ1v) is 11.4. The monoisotopic (exact) mass is 458 g/mol. The molecule has 0 fully saturated rings. The number of amides is 1. The molecule has 2 aromatic rings. The van der Waals surface area contributed by atoms with Gasteiger partial charge in [0.25, 0.3) is 10.0 Å². The van der Waals surface area contributed by atoms with E-state index in [0.717, 1.165) is 21.3 Å². The Hall–Kier alpha value is -1.22. The number of carbonyl (C=O) groups is 1. The molecule has 1 heterocycles. The zero-order valence-electron chi connectivity index (χ0n) is 15.0. The first-order chi connectivity index (χ1) is 12.3. The molecule has 1 amide bonds. The number of thiophene rings is 1. The second kappa shape index (κ2) is 9.12. The summed E-state index contributed by atoms with van der Waals surface area (Å²) in [6.45, 7) is 6.07. The normalized spacial score (nSPS) is 13.0. The molecule has 0 bridgehead atoms. The highest BCUT2D eigenvalue weighted by molar-refractivity contribution is 9.10. The van der Waals surface area contributed by atoms with E-state index < -0.39 is 10.0 Å². The molecular weight excluding hydrogens is 436 g/mol. The minimum Gasteiger partial charge on any atom is -0.351 e. The van der Waals surface area contributed by atoms with Gasteiger partial charge in [-0.05, 0) is 37.1 Å². The van der Waals surface area contributed by atoms with Crippen LogP contribution in [-0.4, -0.2) is 25.2 Å². The van der Waals surface area contributed by atoms with Gasteiger partial charge in [-0.25, -0.2) is 8.42 Å². The zero-order chi connectivity index (χ0) is 19.3. The van der Waals surface area contributed by atoms with Crippen LogP contribution in [-0.2, 0) is 21.4 Å². The van der Waals surface area contributed by atoms with Crippen molar-refractivity contribution in [2.75, 3.05) is 6.54 Å². The number of nitrogens with zero attached hydrogens (tertiary/aromatic N) is 1. The minimum absolute atomic E-state index is 0.141. The largest absolute Gasteiger partial charge is 0.351 e. The number of benzene rings is 1. The Balaban J connectivity index is 2.33. The Morgan fingerprint density at radius 3 is 2.58 bits per heavy atom. The Morgan fingerprint density at radius 2 is 1.96 bits per heavy atom. The molecular formula is C18H23BrN2O3S2. The van der Waals surface area contributed by atoms with Crippen molar-refractivity contribution in [3.63, 3.8) is 0 Å². The Kier molecular flexibility index (Phi) is 7.40. The average molecular weight is 459 g/mol. The van der Waals surface area contributed by atoms with Crippen LogP contribution in [0.1, 0.15) is 43.7 Å². The van der Waals surface area contributed by atoms with E-state index in [4.69, 9.17) is 0 Å². The van der Waals surface area contributed by atoms with Crippen molar-refractivity contribution < 1.29 is 13.2 Å². The minimum atomic E-state index is -3.63.